The maximum Gasteiger partial charge on any atom is 0.252 e. The van der Waals surface area contributed by atoms with Crippen molar-refractivity contribution in [3.63, 3.8) is 0 Å². The molecule has 132 valence electrons. The third kappa shape index (κ3) is 4.80. The molecular formula is C20H20N4O2. The van der Waals surface area contributed by atoms with E-state index in [0.29, 0.717) is 24.7 Å². The van der Waals surface area contributed by atoms with Crippen LogP contribution in [-0.4, -0.2) is 16.2 Å². The Labute approximate surface area is 151 Å². The van der Waals surface area contributed by atoms with E-state index in [9.17, 15) is 4.79 Å². The quantitative estimate of drug-likeness (QED) is 0.507. The molecule has 3 aromatic rings. The first kappa shape index (κ1) is 17.4. The van der Waals surface area contributed by atoms with Gasteiger partial charge < -0.3 is 4.74 Å². The van der Waals surface area contributed by atoms with Crippen LogP contribution in [0.1, 0.15) is 23.7 Å². The van der Waals surface area contributed by atoms with Gasteiger partial charge in [0.05, 0.1) is 6.21 Å². The molecule has 0 atom stereocenters. The SMILES string of the molecule is CCc1cc(=O)[nH]c(N/N=C\c2ccccc2OCc2ccccc2)n1. The van der Waals surface area contributed by atoms with Crippen molar-refractivity contribution in [1.29, 1.82) is 0 Å². The molecule has 26 heavy (non-hydrogen) atoms. The minimum atomic E-state index is -0.207. The summed E-state index contributed by atoms with van der Waals surface area (Å²) in [7, 11) is 0. The van der Waals surface area contributed by atoms with Crippen LogP contribution >= 0.6 is 0 Å². The van der Waals surface area contributed by atoms with Crippen molar-refractivity contribution in [2.24, 2.45) is 5.10 Å². The first-order valence-electron chi connectivity index (χ1n) is 8.39. The smallest absolute Gasteiger partial charge is 0.252 e. The van der Waals surface area contributed by atoms with E-state index in [1.807, 2.05) is 61.5 Å². The summed E-state index contributed by atoms with van der Waals surface area (Å²) in [5.41, 5.74) is 5.17. The van der Waals surface area contributed by atoms with E-state index >= 15 is 0 Å². The first-order valence-corrected chi connectivity index (χ1v) is 8.39. The van der Waals surface area contributed by atoms with E-state index in [1.54, 1.807) is 6.21 Å². The fraction of sp³-hybridized carbons (Fsp3) is 0.150. The van der Waals surface area contributed by atoms with E-state index in [0.717, 1.165) is 16.9 Å². The van der Waals surface area contributed by atoms with Crippen LogP contribution in [0.2, 0.25) is 0 Å². The predicted octanol–water partition coefficient (Wildman–Crippen LogP) is 3.36. The molecule has 0 spiro atoms. The van der Waals surface area contributed by atoms with Gasteiger partial charge in [-0.3, -0.25) is 9.78 Å². The van der Waals surface area contributed by atoms with Crippen molar-refractivity contribution in [3.05, 3.63) is 87.8 Å². The second kappa shape index (κ2) is 8.62. The van der Waals surface area contributed by atoms with Crippen molar-refractivity contribution in [2.75, 3.05) is 5.43 Å². The third-order valence-corrected chi connectivity index (χ3v) is 3.69. The van der Waals surface area contributed by atoms with Crippen LogP contribution in [0.15, 0.2) is 70.6 Å². The van der Waals surface area contributed by atoms with Crippen LogP contribution in [0.3, 0.4) is 0 Å². The van der Waals surface area contributed by atoms with E-state index in [-0.39, 0.29) is 5.56 Å². The Hall–Kier alpha value is -3.41. The predicted molar refractivity (Wildman–Crippen MR) is 103 cm³/mol. The van der Waals surface area contributed by atoms with E-state index in [1.165, 1.54) is 6.07 Å². The molecule has 2 aromatic carbocycles. The lowest BCUT2D eigenvalue weighted by Gasteiger charge is -2.09. The summed E-state index contributed by atoms with van der Waals surface area (Å²) < 4.78 is 5.89. The van der Waals surface area contributed by atoms with Gasteiger partial charge in [-0.05, 0) is 24.1 Å². The Morgan fingerprint density at radius 1 is 1.15 bits per heavy atom. The molecule has 0 radical (unpaired) electrons. The Kier molecular flexibility index (Phi) is 5.77. The largest absolute Gasteiger partial charge is 0.488 e. The molecule has 0 aliphatic carbocycles. The molecule has 0 bridgehead atoms. The van der Waals surface area contributed by atoms with Crippen molar-refractivity contribution >= 4 is 12.2 Å². The van der Waals surface area contributed by atoms with Gasteiger partial charge in [-0.15, -0.1) is 0 Å². The third-order valence-electron chi connectivity index (χ3n) is 3.69. The number of aromatic amines is 1. The van der Waals surface area contributed by atoms with Gasteiger partial charge >= 0.3 is 0 Å². The Morgan fingerprint density at radius 2 is 1.92 bits per heavy atom. The summed E-state index contributed by atoms with van der Waals surface area (Å²) in [6.45, 7) is 2.42. The number of ether oxygens (including phenoxy) is 1. The highest BCUT2D eigenvalue weighted by atomic mass is 16.5. The molecule has 6 nitrogen and oxygen atoms in total. The fourth-order valence-corrected chi connectivity index (χ4v) is 2.36. The molecule has 0 amide bonds. The monoisotopic (exact) mass is 348 g/mol. The van der Waals surface area contributed by atoms with Gasteiger partial charge in [0.25, 0.3) is 5.56 Å². The lowest BCUT2D eigenvalue weighted by Crippen LogP contribution is -2.11. The normalized spacial score (nSPS) is 10.8. The minimum absolute atomic E-state index is 0.207. The average molecular weight is 348 g/mol. The van der Waals surface area contributed by atoms with E-state index in [2.05, 4.69) is 20.5 Å². The zero-order chi connectivity index (χ0) is 18.2. The van der Waals surface area contributed by atoms with Gasteiger partial charge in [-0.25, -0.2) is 10.4 Å². The van der Waals surface area contributed by atoms with Crippen molar-refractivity contribution in [3.8, 4) is 5.75 Å². The molecular weight excluding hydrogens is 328 g/mol. The van der Waals surface area contributed by atoms with Gasteiger partial charge in [0.1, 0.15) is 12.4 Å². The molecule has 1 aromatic heterocycles. The molecule has 2 N–H and O–H groups in total. The van der Waals surface area contributed by atoms with Crippen LogP contribution in [-0.2, 0) is 13.0 Å². The highest BCUT2D eigenvalue weighted by Gasteiger charge is 2.02. The number of anilines is 1. The Morgan fingerprint density at radius 3 is 2.73 bits per heavy atom. The fourth-order valence-electron chi connectivity index (χ4n) is 2.36. The maximum atomic E-state index is 11.6. The molecule has 6 heteroatoms. The van der Waals surface area contributed by atoms with Crippen LogP contribution < -0.4 is 15.7 Å². The molecule has 0 saturated carbocycles. The molecule has 0 fully saturated rings. The van der Waals surface area contributed by atoms with Crippen LogP contribution in [0, 0.1) is 0 Å². The average Bonchev–Trinajstić information content (AvgIpc) is 2.67. The number of nitrogens with zero attached hydrogens (tertiary/aromatic N) is 2. The van der Waals surface area contributed by atoms with Gasteiger partial charge in [-0.2, -0.15) is 5.10 Å². The lowest BCUT2D eigenvalue weighted by atomic mass is 10.2. The number of aryl methyl sites for hydroxylation is 1. The topological polar surface area (TPSA) is 79.4 Å². The van der Waals surface area contributed by atoms with Crippen LogP contribution in [0.4, 0.5) is 5.95 Å². The summed E-state index contributed by atoms with van der Waals surface area (Å²) in [5, 5.41) is 4.16. The number of rotatable bonds is 7. The molecule has 0 unspecified atom stereocenters. The summed E-state index contributed by atoms with van der Waals surface area (Å²) in [6, 6.07) is 19.1. The minimum Gasteiger partial charge on any atom is -0.488 e. The summed E-state index contributed by atoms with van der Waals surface area (Å²) in [4.78, 5) is 18.4. The highest BCUT2D eigenvalue weighted by molar-refractivity contribution is 5.83. The maximum absolute atomic E-state index is 11.6. The Bertz CT molecular complexity index is 936. The molecule has 0 aliphatic heterocycles. The number of hydrogen-bond acceptors (Lipinski definition) is 5. The summed E-state index contributed by atoms with van der Waals surface area (Å²) in [6.07, 6.45) is 2.32. The van der Waals surface area contributed by atoms with Gasteiger partial charge in [-0.1, -0.05) is 49.4 Å². The van der Waals surface area contributed by atoms with Crippen molar-refractivity contribution in [1.82, 2.24) is 9.97 Å². The molecule has 0 aliphatic rings. The van der Waals surface area contributed by atoms with E-state index < -0.39 is 0 Å². The van der Waals surface area contributed by atoms with Gasteiger partial charge in [0.2, 0.25) is 5.95 Å². The first-order chi connectivity index (χ1) is 12.7. The Balaban J connectivity index is 1.69. The summed E-state index contributed by atoms with van der Waals surface area (Å²) >= 11 is 0. The highest BCUT2D eigenvalue weighted by Crippen LogP contribution is 2.17. The van der Waals surface area contributed by atoms with Gasteiger partial charge in [0.15, 0.2) is 0 Å². The summed E-state index contributed by atoms with van der Waals surface area (Å²) in [5.74, 6) is 1.04. The van der Waals surface area contributed by atoms with Gasteiger partial charge in [0, 0.05) is 17.3 Å². The standard InChI is InChI=1S/C20H20N4O2/c1-2-17-12-19(25)23-20(22-17)24-21-13-16-10-6-7-11-18(16)26-14-15-8-4-3-5-9-15/h3-13H,2,14H2,1H3,(H2,22,23,24,25)/b21-13-. The number of nitrogens with one attached hydrogen (secondary N) is 2. The number of aromatic nitrogens is 2. The number of hydrogen-bond donors (Lipinski definition) is 2. The van der Waals surface area contributed by atoms with E-state index in [4.69, 9.17) is 4.74 Å². The lowest BCUT2D eigenvalue weighted by molar-refractivity contribution is 0.306. The molecule has 0 saturated heterocycles. The second-order valence-electron chi connectivity index (χ2n) is 5.62. The zero-order valence-corrected chi connectivity index (χ0v) is 14.5. The van der Waals surface area contributed by atoms with Crippen LogP contribution in [0.25, 0.3) is 0 Å². The molecule has 3 rings (SSSR count). The number of benzene rings is 2. The molecule has 1 heterocycles. The van der Waals surface area contributed by atoms with Crippen LogP contribution in [0.5, 0.6) is 5.75 Å². The number of hydrazone groups is 1. The van der Waals surface area contributed by atoms with Crippen molar-refractivity contribution in [2.45, 2.75) is 20.0 Å². The number of para-hydroxylation sites is 1. The zero-order valence-electron chi connectivity index (χ0n) is 14.5. The van der Waals surface area contributed by atoms with Crippen molar-refractivity contribution < 1.29 is 4.74 Å². The second-order valence-corrected chi connectivity index (χ2v) is 5.62. The number of H-pyrrole nitrogens is 1.